The number of ether oxygens (including phenoxy) is 1. The molecular weight excluding hydrogens is 352 g/mol. The van der Waals surface area contributed by atoms with E-state index < -0.39 is 10.0 Å². The molecule has 0 spiro atoms. The number of hydrogen-bond acceptors (Lipinski definition) is 4. The second kappa shape index (κ2) is 8.82. The maximum atomic E-state index is 12.5. The molecule has 0 radical (unpaired) electrons. The molecule has 0 saturated heterocycles. The fraction of sp³-hybridized carbons (Fsp3) is 0.316. The van der Waals surface area contributed by atoms with Crippen LogP contribution in [0.1, 0.15) is 29.8 Å². The number of benzene rings is 2. The zero-order valence-corrected chi connectivity index (χ0v) is 16.0. The molecule has 0 saturated carbocycles. The third-order valence-corrected chi connectivity index (χ3v) is 5.44. The molecule has 0 aliphatic carbocycles. The van der Waals surface area contributed by atoms with Crippen molar-refractivity contribution in [2.75, 3.05) is 20.2 Å². The lowest BCUT2D eigenvalue weighted by atomic mass is 10.1. The summed E-state index contributed by atoms with van der Waals surface area (Å²) in [6.45, 7) is 5.20. The van der Waals surface area contributed by atoms with Crippen molar-refractivity contribution < 1.29 is 17.9 Å². The lowest BCUT2D eigenvalue weighted by Gasteiger charge is -2.19. The Morgan fingerprint density at radius 3 is 2.42 bits per heavy atom. The fourth-order valence-corrected chi connectivity index (χ4v) is 3.59. The molecule has 0 atom stereocenters. The molecule has 2 aromatic rings. The number of methoxy groups -OCH3 is 1. The minimum absolute atomic E-state index is 0.0625. The summed E-state index contributed by atoms with van der Waals surface area (Å²) in [6, 6.07) is 13.3. The highest BCUT2D eigenvalue weighted by atomic mass is 32.2. The minimum Gasteiger partial charge on any atom is -0.497 e. The van der Waals surface area contributed by atoms with Crippen LogP contribution in [0, 0.1) is 0 Å². The van der Waals surface area contributed by atoms with Gasteiger partial charge in [-0.2, -0.15) is 0 Å². The van der Waals surface area contributed by atoms with E-state index in [4.69, 9.17) is 4.74 Å². The minimum atomic E-state index is -3.68. The first kappa shape index (κ1) is 19.9. The number of carbonyl (C=O) groups is 1. The molecule has 0 fully saturated rings. The Balaban J connectivity index is 2.14. The van der Waals surface area contributed by atoms with Crippen LogP contribution in [0.4, 0.5) is 0 Å². The summed E-state index contributed by atoms with van der Waals surface area (Å²) >= 11 is 0. The van der Waals surface area contributed by atoms with Crippen LogP contribution in [0.25, 0.3) is 0 Å². The number of rotatable bonds is 8. The van der Waals surface area contributed by atoms with Gasteiger partial charge in [0.05, 0.1) is 12.0 Å². The van der Waals surface area contributed by atoms with E-state index in [9.17, 15) is 13.2 Å². The second-order valence-electron chi connectivity index (χ2n) is 5.68. The summed E-state index contributed by atoms with van der Waals surface area (Å²) in [5, 5.41) is 0. The highest BCUT2D eigenvalue weighted by Gasteiger charge is 2.16. The van der Waals surface area contributed by atoms with Crippen LogP contribution in [0.15, 0.2) is 53.4 Å². The largest absolute Gasteiger partial charge is 0.497 e. The van der Waals surface area contributed by atoms with Crippen molar-refractivity contribution in [3.63, 3.8) is 0 Å². The molecule has 1 N–H and O–H groups in total. The molecule has 2 aromatic carbocycles. The maximum absolute atomic E-state index is 12.5. The van der Waals surface area contributed by atoms with E-state index in [1.165, 1.54) is 19.2 Å². The Labute approximate surface area is 154 Å². The fourth-order valence-electron chi connectivity index (χ4n) is 2.54. The van der Waals surface area contributed by atoms with Gasteiger partial charge in [0, 0.05) is 31.3 Å². The van der Waals surface area contributed by atoms with E-state index in [1.807, 2.05) is 13.8 Å². The average molecular weight is 376 g/mol. The average Bonchev–Trinajstić information content (AvgIpc) is 2.67. The lowest BCUT2D eigenvalue weighted by Crippen LogP contribution is -2.30. The van der Waals surface area contributed by atoms with Gasteiger partial charge in [0.1, 0.15) is 5.75 Å². The van der Waals surface area contributed by atoms with Crippen molar-refractivity contribution in [1.29, 1.82) is 0 Å². The van der Waals surface area contributed by atoms with Crippen molar-refractivity contribution in [3.05, 3.63) is 59.7 Å². The van der Waals surface area contributed by atoms with Crippen LogP contribution in [0.2, 0.25) is 0 Å². The number of amides is 1. The molecule has 6 nitrogen and oxygen atoms in total. The first-order valence-electron chi connectivity index (χ1n) is 8.43. The summed E-state index contributed by atoms with van der Waals surface area (Å²) in [5.41, 5.74) is 1.27. The Bertz CT molecular complexity index is 861. The van der Waals surface area contributed by atoms with Crippen LogP contribution in [-0.4, -0.2) is 39.4 Å². The number of nitrogens with one attached hydrogen (secondary N) is 1. The predicted molar refractivity (Wildman–Crippen MR) is 101 cm³/mol. The third-order valence-electron chi connectivity index (χ3n) is 4.04. The van der Waals surface area contributed by atoms with Crippen molar-refractivity contribution in [2.24, 2.45) is 0 Å². The number of hydrogen-bond donors (Lipinski definition) is 1. The maximum Gasteiger partial charge on any atom is 0.253 e. The summed E-state index contributed by atoms with van der Waals surface area (Å²) < 4.78 is 32.5. The van der Waals surface area contributed by atoms with E-state index >= 15 is 0 Å². The molecule has 140 valence electrons. The monoisotopic (exact) mass is 376 g/mol. The van der Waals surface area contributed by atoms with Gasteiger partial charge < -0.3 is 9.64 Å². The molecule has 0 heterocycles. The van der Waals surface area contributed by atoms with Gasteiger partial charge in [-0.3, -0.25) is 4.79 Å². The zero-order chi connectivity index (χ0) is 19.2. The topological polar surface area (TPSA) is 75.7 Å². The van der Waals surface area contributed by atoms with Gasteiger partial charge in [0.15, 0.2) is 0 Å². The van der Waals surface area contributed by atoms with Crippen molar-refractivity contribution >= 4 is 15.9 Å². The van der Waals surface area contributed by atoms with E-state index in [0.717, 1.165) is 5.56 Å². The zero-order valence-electron chi connectivity index (χ0n) is 15.2. The van der Waals surface area contributed by atoms with E-state index in [-0.39, 0.29) is 17.3 Å². The number of sulfonamides is 1. The van der Waals surface area contributed by atoms with E-state index in [0.29, 0.717) is 24.4 Å². The molecule has 1 amide bonds. The summed E-state index contributed by atoms with van der Waals surface area (Å²) in [4.78, 5) is 14.3. The van der Waals surface area contributed by atoms with Gasteiger partial charge in [-0.05, 0) is 43.7 Å². The van der Waals surface area contributed by atoms with Crippen molar-refractivity contribution in [1.82, 2.24) is 9.62 Å². The molecule has 7 heteroatoms. The molecule has 26 heavy (non-hydrogen) atoms. The van der Waals surface area contributed by atoms with Gasteiger partial charge >= 0.3 is 0 Å². The van der Waals surface area contributed by atoms with Gasteiger partial charge in [0.25, 0.3) is 5.91 Å². The van der Waals surface area contributed by atoms with Gasteiger partial charge in [-0.1, -0.05) is 18.2 Å². The first-order valence-corrected chi connectivity index (χ1v) is 9.91. The second-order valence-corrected chi connectivity index (χ2v) is 7.45. The normalized spacial score (nSPS) is 11.2. The summed E-state index contributed by atoms with van der Waals surface area (Å²) in [6.07, 6.45) is 0. The van der Waals surface area contributed by atoms with Gasteiger partial charge in [-0.25, -0.2) is 13.1 Å². The Morgan fingerprint density at radius 2 is 1.77 bits per heavy atom. The van der Waals surface area contributed by atoms with Crippen LogP contribution in [0.3, 0.4) is 0 Å². The third kappa shape index (κ3) is 4.83. The van der Waals surface area contributed by atoms with Crippen LogP contribution in [0.5, 0.6) is 5.75 Å². The van der Waals surface area contributed by atoms with Crippen LogP contribution < -0.4 is 9.46 Å². The van der Waals surface area contributed by atoms with E-state index in [1.54, 1.807) is 41.3 Å². The lowest BCUT2D eigenvalue weighted by molar-refractivity contribution is 0.0773. The summed E-state index contributed by atoms with van der Waals surface area (Å²) in [7, 11) is -2.19. The molecule has 0 bridgehead atoms. The molecule has 0 aliphatic heterocycles. The Morgan fingerprint density at radius 1 is 1.08 bits per heavy atom. The molecule has 0 aromatic heterocycles. The molecular formula is C19H24N2O4S. The van der Waals surface area contributed by atoms with Crippen molar-refractivity contribution in [2.45, 2.75) is 25.3 Å². The number of carbonyl (C=O) groups excluding carboxylic acids is 1. The Hall–Kier alpha value is -2.38. The van der Waals surface area contributed by atoms with Gasteiger partial charge in [-0.15, -0.1) is 0 Å². The van der Waals surface area contributed by atoms with Crippen LogP contribution in [-0.2, 0) is 16.6 Å². The molecule has 2 rings (SSSR count). The molecule has 0 unspecified atom stereocenters. The van der Waals surface area contributed by atoms with Gasteiger partial charge in [0.2, 0.25) is 10.0 Å². The SMILES string of the molecule is CCN(CC)C(=O)c1cccc(CNS(=O)(=O)c2cccc(OC)c2)c1. The molecule has 0 aliphatic rings. The highest BCUT2D eigenvalue weighted by molar-refractivity contribution is 7.89. The highest BCUT2D eigenvalue weighted by Crippen LogP contribution is 2.17. The smallest absolute Gasteiger partial charge is 0.253 e. The summed E-state index contributed by atoms with van der Waals surface area (Å²) in [5.74, 6) is 0.409. The predicted octanol–water partition coefficient (Wildman–Crippen LogP) is 2.66. The standard InChI is InChI=1S/C19H24N2O4S/c1-4-21(5-2)19(22)16-9-6-8-15(12-16)14-20-26(23,24)18-11-7-10-17(13-18)25-3/h6-13,20H,4-5,14H2,1-3H3. The quantitative estimate of drug-likeness (QED) is 0.768. The Kier molecular flexibility index (Phi) is 6.76. The van der Waals surface area contributed by atoms with Crippen LogP contribution >= 0.6 is 0 Å². The van der Waals surface area contributed by atoms with E-state index in [2.05, 4.69) is 4.72 Å². The number of nitrogens with zero attached hydrogens (tertiary/aromatic N) is 1. The van der Waals surface area contributed by atoms with Crippen molar-refractivity contribution in [3.8, 4) is 5.75 Å². The first-order chi connectivity index (χ1) is 12.4.